The van der Waals surface area contributed by atoms with Crippen LogP contribution in [0, 0.1) is 0 Å². The van der Waals surface area contributed by atoms with Crippen molar-refractivity contribution in [3.63, 3.8) is 0 Å². The molecule has 0 unspecified atom stereocenters. The van der Waals surface area contributed by atoms with Gasteiger partial charge in [0, 0.05) is 31.5 Å². The molecule has 1 aliphatic heterocycles. The Kier molecular flexibility index (Phi) is 4.61. The van der Waals surface area contributed by atoms with Crippen molar-refractivity contribution in [3.8, 4) is 33.4 Å². The minimum absolute atomic E-state index is 0.925. The van der Waals surface area contributed by atoms with Crippen LogP contribution >= 0.6 is 11.8 Å². The van der Waals surface area contributed by atoms with E-state index in [1.54, 1.807) is 0 Å². The summed E-state index contributed by atoms with van der Waals surface area (Å²) in [6.07, 6.45) is 0. The normalized spacial score (nSPS) is 12.4. The Bertz CT molecular complexity index is 2300. The van der Waals surface area contributed by atoms with Crippen molar-refractivity contribution in [2.24, 2.45) is 0 Å². The predicted octanol–water partition coefficient (Wildman–Crippen LogP) is 11.4. The maximum absolute atomic E-state index is 6.42. The van der Waals surface area contributed by atoms with Gasteiger partial charge in [-0.25, -0.2) is 0 Å². The molecular formula is C38H22OS. The molecule has 0 spiro atoms. The first kappa shape index (κ1) is 22.1. The zero-order valence-electron chi connectivity index (χ0n) is 21.5. The molecule has 0 bridgehead atoms. The number of rotatable bonds is 2. The topological polar surface area (TPSA) is 13.1 Å². The fourth-order valence-electron chi connectivity index (χ4n) is 6.48. The summed E-state index contributed by atoms with van der Waals surface area (Å²) in [5.41, 5.74) is 9.30. The van der Waals surface area contributed by atoms with Gasteiger partial charge in [-0.05, 0) is 68.2 Å². The van der Waals surface area contributed by atoms with E-state index < -0.39 is 0 Å². The van der Waals surface area contributed by atoms with Crippen LogP contribution in [-0.2, 0) is 0 Å². The smallest absolute Gasteiger partial charge is 0.143 e. The Balaban J connectivity index is 1.26. The molecule has 0 aliphatic carbocycles. The maximum atomic E-state index is 6.42. The van der Waals surface area contributed by atoms with Crippen LogP contribution in [0.4, 0.5) is 0 Å². The summed E-state index contributed by atoms with van der Waals surface area (Å²) in [4.78, 5) is 2.65. The fraction of sp³-hybridized carbons (Fsp3) is 0. The molecule has 2 heterocycles. The molecule has 0 amide bonds. The zero-order chi connectivity index (χ0) is 26.2. The molecule has 8 aromatic rings. The molecule has 1 nitrogen and oxygen atoms in total. The van der Waals surface area contributed by atoms with Crippen molar-refractivity contribution >= 4 is 55.2 Å². The standard InChI is InChI=1S/C38H22OS/c1-2-11-27-26(10-1)25(19-20-28(27)31-14-7-15-32-29-12-3-4-16-34(29)39-38(31)32)24-18-21-35-33(22-24)30-13-5-8-23-9-6-17-36(40-35)37(23)30/h1-22H. The molecule has 9 rings (SSSR count). The molecular weight excluding hydrogens is 504 g/mol. The average molecular weight is 527 g/mol. The minimum Gasteiger partial charge on any atom is -0.455 e. The third kappa shape index (κ3) is 3.11. The molecule has 186 valence electrons. The van der Waals surface area contributed by atoms with Gasteiger partial charge >= 0.3 is 0 Å². The second-order valence-corrected chi connectivity index (χ2v) is 11.5. The van der Waals surface area contributed by atoms with Crippen LogP contribution in [-0.4, -0.2) is 0 Å². The highest BCUT2D eigenvalue weighted by Crippen LogP contribution is 2.49. The zero-order valence-corrected chi connectivity index (χ0v) is 22.3. The summed E-state index contributed by atoms with van der Waals surface area (Å²) < 4.78 is 6.42. The van der Waals surface area contributed by atoms with Crippen molar-refractivity contribution in [1.82, 2.24) is 0 Å². The van der Waals surface area contributed by atoms with Crippen molar-refractivity contribution in [3.05, 3.63) is 133 Å². The molecule has 0 N–H and O–H groups in total. The quantitative estimate of drug-likeness (QED) is 0.222. The van der Waals surface area contributed by atoms with E-state index in [0.29, 0.717) is 0 Å². The lowest BCUT2D eigenvalue weighted by Crippen LogP contribution is -1.94. The van der Waals surface area contributed by atoms with Crippen LogP contribution < -0.4 is 0 Å². The molecule has 40 heavy (non-hydrogen) atoms. The Morgan fingerprint density at radius 1 is 0.425 bits per heavy atom. The van der Waals surface area contributed by atoms with Crippen LogP contribution in [0.1, 0.15) is 0 Å². The highest BCUT2D eigenvalue weighted by molar-refractivity contribution is 7.99. The Labute approximate surface area is 235 Å². The highest BCUT2D eigenvalue weighted by atomic mass is 32.2. The lowest BCUT2D eigenvalue weighted by molar-refractivity contribution is 0.670. The number of hydrogen-bond acceptors (Lipinski definition) is 2. The number of hydrogen-bond donors (Lipinski definition) is 0. The highest BCUT2D eigenvalue weighted by Gasteiger charge is 2.20. The molecule has 0 fully saturated rings. The molecule has 0 saturated carbocycles. The third-order valence-electron chi connectivity index (χ3n) is 8.29. The van der Waals surface area contributed by atoms with E-state index in [9.17, 15) is 0 Å². The lowest BCUT2D eigenvalue weighted by Gasteiger charge is -2.21. The predicted molar refractivity (Wildman–Crippen MR) is 169 cm³/mol. The molecule has 0 atom stereocenters. The fourth-order valence-corrected chi connectivity index (χ4v) is 7.60. The van der Waals surface area contributed by atoms with Gasteiger partial charge in [-0.15, -0.1) is 0 Å². The first-order valence-corrected chi connectivity index (χ1v) is 14.4. The number of benzene rings is 7. The Morgan fingerprint density at radius 2 is 1.12 bits per heavy atom. The second-order valence-electron chi connectivity index (χ2n) is 10.5. The van der Waals surface area contributed by atoms with Gasteiger partial charge in [0.05, 0.1) is 0 Å². The van der Waals surface area contributed by atoms with E-state index in [1.165, 1.54) is 59.2 Å². The summed E-state index contributed by atoms with van der Waals surface area (Å²) >= 11 is 1.87. The molecule has 1 aliphatic rings. The van der Waals surface area contributed by atoms with Gasteiger partial charge in [0.25, 0.3) is 0 Å². The Hall–Kier alpha value is -4.79. The van der Waals surface area contributed by atoms with Crippen molar-refractivity contribution in [2.45, 2.75) is 9.79 Å². The summed E-state index contributed by atoms with van der Waals surface area (Å²) in [5, 5.41) is 7.45. The van der Waals surface area contributed by atoms with Crippen molar-refractivity contribution in [2.75, 3.05) is 0 Å². The van der Waals surface area contributed by atoms with E-state index in [4.69, 9.17) is 4.42 Å². The van der Waals surface area contributed by atoms with Crippen LogP contribution in [0.25, 0.3) is 76.9 Å². The minimum atomic E-state index is 0.925. The molecule has 7 aromatic carbocycles. The lowest BCUT2D eigenvalue weighted by atomic mass is 9.90. The second kappa shape index (κ2) is 8.35. The number of furan rings is 1. The molecule has 0 saturated heterocycles. The van der Waals surface area contributed by atoms with Gasteiger partial charge in [-0.1, -0.05) is 121 Å². The summed E-state index contributed by atoms with van der Waals surface area (Å²) in [7, 11) is 0. The van der Waals surface area contributed by atoms with Gasteiger partial charge in [0.15, 0.2) is 0 Å². The van der Waals surface area contributed by atoms with Crippen LogP contribution in [0.2, 0.25) is 0 Å². The summed E-state index contributed by atoms with van der Waals surface area (Å²) in [5.74, 6) is 0. The first-order chi connectivity index (χ1) is 19.8. The third-order valence-corrected chi connectivity index (χ3v) is 9.42. The Morgan fingerprint density at radius 3 is 2.02 bits per heavy atom. The number of fused-ring (bicyclic) bond motifs is 6. The van der Waals surface area contributed by atoms with Crippen LogP contribution in [0.3, 0.4) is 0 Å². The van der Waals surface area contributed by atoms with Crippen molar-refractivity contribution in [1.29, 1.82) is 0 Å². The largest absolute Gasteiger partial charge is 0.455 e. The maximum Gasteiger partial charge on any atom is 0.143 e. The summed E-state index contributed by atoms with van der Waals surface area (Å²) in [6, 6.07) is 48.3. The van der Waals surface area contributed by atoms with Gasteiger partial charge < -0.3 is 4.42 Å². The van der Waals surface area contributed by atoms with E-state index in [0.717, 1.165) is 27.5 Å². The molecule has 0 radical (unpaired) electrons. The van der Waals surface area contributed by atoms with Crippen LogP contribution in [0.15, 0.2) is 148 Å². The average Bonchev–Trinajstić information content (AvgIpc) is 3.40. The van der Waals surface area contributed by atoms with Crippen molar-refractivity contribution < 1.29 is 4.42 Å². The van der Waals surface area contributed by atoms with Gasteiger partial charge in [-0.2, -0.15) is 0 Å². The SMILES string of the molecule is c1cc2c3c(cccc3c1)-c1cc(-c3ccc(-c4cccc5c4oc4ccccc45)c4ccccc34)ccc1S2. The van der Waals surface area contributed by atoms with Gasteiger partial charge in [0.1, 0.15) is 11.2 Å². The number of para-hydroxylation sites is 2. The van der Waals surface area contributed by atoms with Gasteiger partial charge in [0.2, 0.25) is 0 Å². The van der Waals surface area contributed by atoms with E-state index in [2.05, 4.69) is 121 Å². The van der Waals surface area contributed by atoms with E-state index in [1.807, 2.05) is 23.9 Å². The van der Waals surface area contributed by atoms with E-state index >= 15 is 0 Å². The van der Waals surface area contributed by atoms with Gasteiger partial charge in [-0.3, -0.25) is 0 Å². The van der Waals surface area contributed by atoms with E-state index in [-0.39, 0.29) is 0 Å². The molecule has 1 aromatic heterocycles. The molecule has 2 heteroatoms. The monoisotopic (exact) mass is 526 g/mol. The first-order valence-electron chi connectivity index (χ1n) is 13.6. The van der Waals surface area contributed by atoms with Crippen LogP contribution in [0.5, 0.6) is 0 Å². The summed E-state index contributed by atoms with van der Waals surface area (Å²) in [6.45, 7) is 0.